The zero-order chi connectivity index (χ0) is 21.6. The van der Waals surface area contributed by atoms with Crippen molar-refractivity contribution in [1.82, 2.24) is 5.32 Å². The highest BCUT2D eigenvalue weighted by Crippen LogP contribution is 2.47. The monoisotopic (exact) mass is 410 g/mol. The van der Waals surface area contributed by atoms with Crippen molar-refractivity contribution in [3.05, 3.63) is 59.7 Å². The van der Waals surface area contributed by atoms with E-state index in [0.717, 1.165) is 51.1 Å². The second-order valence-electron chi connectivity index (χ2n) is 9.05. The molecular weight excluding hydrogens is 372 g/mol. The van der Waals surface area contributed by atoms with E-state index >= 15 is 0 Å². The number of rotatable bonds is 9. The van der Waals surface area contributed by atoms with Gasteiger partial charge in [0.15, 0.2) is 0 Å². The van der Waals surface area contributed by atoms with Crippen molar-refractivity contribution in [2.45, 2.75) is 57.1 Å². The van der Waals surface area contributed by atoms with Gasteiger partial charge in [0.1, 0.15) is 5.75 Å². The van der Waals surface area contributed by atoms with Crippen molar-refractivity contribution in [3.8, 4) is 5.75 Å². The summed E-state index contributed by atoms with van der Waals surface area (Å²) in [5.41, 5.74) is 3.86. The average molecular weight is 411 g/mol. The summed E-state index contributed by atoms with van der Waals surface area (Å²) < 4.78 is 12.0. The molecule has 0 saturated carbocycles. The molecule has 0 amide bonds. The summed E-state index contributed by atoms with van der Waals surface area (Å²) >= 11 is 0. The Morgan fingerprint density at radius 3 is 2.50 bits per heavy atom. The van der Waals surface area contributed by atoms with Gasteiger partial charge in [-0.1, -0.05) is 37.3 Å². The molecule has 2 atom stereocenters. The Morgan fingerprint density at radius 1 is 1.10 bits per heavy atom. The predicted molar refractivity (Wildman–Crippen MR) is 126 cm³/mol. The number of hydrogen-bond donors (Lipinski definition) is 1. The minimum absolute atomic E-state index is 0.0669. The van der Waals surface area contributed by atoms with E-state index in [-0.39, 0.29) is 11.0 Å². The lowest BCUT2D eigenvalue weighted by atomic mass is 9.66. The van der Waals surface area contributed by atoms with E-state index in [4.69, 9.17) is 9.47 Å². The molecule has 1 fully saturated rings. The summed E-state index contributed by atoms with van der Waals surface area (Å²) in [6, 6.07) is 17.3. The third kappa shape index (κ3) is 5.16. The fourth-order valence-electron chi connectivity index (χ4n) is 4.71. The molecule has 1 saturated heterocycles. The summed E-state index contributed by atoms with van der Waals surface area (Å²) in [7, 11) is 5.92. The smallest absolute Gasteiger partial charge is 0.122 e. The van der Waals surface area contributed by atoms with Crippen molar-refractivity contribution >= 4 is 5.69 Å². The first-order valence-corrected chi connectivity index (χ1v) is 11.2. The Hall–Kier alpha value is -2.04. The topological polar surface area (TPSA) is 33.7 Å². The molecule has 4 nitrogen and oxygen atoms in total. The Morgan fingerprint density at radius 2 is 1.83 bits per heavy atom. The Kier molecular flexibility index (Phi) is 7.43. The van der Waals surface area contributed by atoms with Gasteiger partial charge >= 0.3 is 0 Å². The largest absolute Gasteiger partial charge is 0.496 e. The van der Waals surface area contributed by atoms with Gasteiger partial charge in [0.05, 0.1) is 12.7 Å². The number of benzene rings is 2. The summed E-state index contributed by atoms with van der Waals surface area (Å²) in [6.07, 6.45) is 4.15. The number of para-hydroxylation sites is 1. The first-order valence-electron chi connectivity index (χ1n) is 11.2. The number of nitrogens with one attached hydrogen (secondary N) is 1. The van der Waals surface area contributed by atoms with E-state index in [2.05, 4.69) is 86.7 Å². The van der Waals surface area contributed by atoms with Crippen LogP contribution in [0.3, 0.4) is 0 Å². The van der Waals surface area contributed by atoms with Crippen molar-refractivity contribution in [1.29, 1.82) is 0 Å². The minimum atomic E-state index is -0.0822. The normalized spacial score (nSPS) is 23.9. The predicted octanol–water partition coefficient (Wildman–Crippen LogP) is 5.16. The zero-order valence-corrected chi connectivity index (χ0v) is 19.3. The minimum Gasteiger partial charge on any atom is -0.496 e. The Balaban J connectivity index is 1.72. The fraction of sp³-hybridized carbons (Fsp3) is 0.538. The highest BCUT2D eigenvalue weighted by atomic mass is 16.5. The molecular formula is C26H38N2O2. The van der Waals surface area contributed by atoms with Gasteiger partial charge < -0.3 is 19.7 Å². The molecule has 0 spiro atoms. The quantitative estimate of drug-likeness (QED) is 0.579. The van der Waals surface area contributed by atoms with Gasteiger partial charge in [-0.15, -0.1) is 0 Å². The van der Waals surface area contributed by atoms with Crippen LogP contribution in [0.25, 0.3) is 0 Å². The Bertz CT molecular complexity index is 805. The first-order chi connectivity index (χ1) is 14.4. The van der Waals surface area contributed by atoms with Gasteiger partial charge in [-0.2, -0.15) is 0 Å². The van der Waals surface area contributed by atoms with E-state index in [1.54, 1.807) is 7.11 Å². The molecule has 30 heavy (non-hydrogen) atoms. The number of hydrogen-bond acceptors (Lipinski definition) is 4. The molecule has 164 valence electrons. The molecule has 0 aromatic heterocycles. The van der Waals surface area contributed by atoms with E-state index in [1.165, 1.54) is 16.8 Å². The van der Waals surface area contributed by atoms with E-state index in [1.807, 2.05) is 0 Å². The third-order valence-electron chi connectivity index (χ3n) is 6.73. The van der Waals surface area contributed by atoms with Crippen molar-refractivity contribution in [2.24, 2.45) is 0 Å². The maximum Gasteiger partial charge on any atom is 0.122 e. The SMILES string of the molecule is CC[C@@]1(C)C[C@@](CCNCc2ccc(N(C)C)cc2)(c2ccccc2OC)CCO1. The zero-order valence-electron chi connectivity index (χ0n) is 19.3. The molecule has 4 heteroatoms. The van der Waals surface area contributed by atoms with Crippen LogP contribution >= 0.6 is 0 Å². The summed E-state index contributed by atoms with van der Waals surface area (Å²) in [5.74, 6) is 0.997. The van der Waals surface area contributed by atoms with Crippen molar-refractivity contribution in [2.75, 3.05) is 39.3 Å². The number of nitrogens with zero attached hydrogens (tertiary/aromatic N) is 1. The lowest BCUT2D eigenvalue weighted by Crippen LogP contribution is -2.46. The second kappa shape index (κ2) is 9.84. The highest BCUT2D eigenvalue weighted by Gasteiger charge is 2.44. The third-order valence-corrected chi connectivity index (χ3v) is 6.73. The molecule has 2 aromatic rings. The van der Waals surface area contributed by atoms with Gasteiger partial charge in [0.2, 0.25) is 0 Å². The van der Waals surface area contributed by atoms with E-state index in [0.29, 0.717) is 0 Å². The summed E-state index contributed by atoms with van der Waals surface area (Å²) in [5, 5.41) is 3.68. The highest BCUT2D eigenvalue weighted by molar-refractivity contribution is 5.46. The standard InChI is InChI=1S/C26H38N2O2/c1-6-25(2)20-26(16-18-30-25,23-9-7-8-10-24(23)29-5)15-17-27-19-21-11-13-22(14-12-21)28(3)4/h7-14,27H,6,15-20H2,1-5H3/t25-,26-/m0/s1. The van der Waals surface area contributed by atoms with Crippen LogP contribution < -0.4 is 15.0 Å². The van der Waals surface area contributed by atoms with Crippen LogP contribution in [0, 0.1) is 0 Å². The van der Waals surface area contributed by atoms with Crippen LogP contribution in [0.15, 0.2) is 48.5 Å². The van der Waals surface area contributed by atoms with Gasteiger partial charge in [0, 0.05) is 43.9 Å². The number of anilines is 1. The maximum atomic E-state index is 6.21. The molecule has 1 heterocycles. The summed E-state index contributed by atoms with van der Waals surface area (Å²) in [6.45, 7) is 7.14. The molecule has 0 aliphatic carbocycles. The van der Waals surface area contributed by atoms with Crippen molar-refractivity contribution < 1.29 is 9.47 Å². The lowest BCUT2D eigenvalue weighted by Gasteiger charge is -2.47. The number of methoxy groups -OCH3 is 1. The van der Waals surface area contributed by atoms with Crippen LogP contribution in [0.5, 0.6) is 5.75 Å². The van der Waals surface area contributed by atoms with Gasteiger partial charge in [0.25, 0.3) is 0 Å². The van der Waals surface area contributed by atoms with Crippen molar-refractivity contribution in [3.63, 3.8) is 0 Å². The van der Waals surface area contributed by atoms with Gasteiger partial charge in [-0.05, 0) is 62.9 Å². The summed E-state index contributed by atoms with van der Waals surface area (Å²) in [4.78, 5) is 2.13. The second-order valence-corrected chi connectivity index (χ2v) is 9.05. The van der Waals surface area contributed by atoms with E-state index in [9.17, 15) is 0 Å². The van der Waals surface area contributed by atoms with Crippen LogP contribution in [0.2, 0.25) is 0 Å². The molecule has 3 rings (SSSR count). The van der Waals surface area contributed by atoms with Crippen LogP contribution in [-0.2, 0) is 16.7 Å². The molecule has 1 aliphatic heterocycles. The maximum absolute atomic E-state index is 6.21. The number of ether oxygens (including phenoxy) is 2. The molecule has 1 N–H and O–H groups in total. The van der Waals surface area contributed by atoms with Crippen LogP contribution in [-0.4, -0.2) is 40.0 Å². The first kappa shape index (κ1) is 22.6. The molecule has 2 aromatic carbocycles. The van der Waals surface area contributed by atoms with E-state index < -0.39 is 0 Å². The lowest BCUT2D eigenvalue weighted by molar-refractivity contribution is -0.0982. The average Bonchev–Trinajstić information content (AvgIpc) is 2.77. The fourth-order valence-corrected chi connectivity index (χ4v) is 4.71. The molecule has 0 unspecified atom stereocenters. The molecule has 1 aliphatic rings. The van der Waals surface area contributed by atoms with Gasteiger partial charge in [-0.25, -0.2) is 0 Å². The van der Waals surface area contributed by atoms with Gasteiger partial charge in [-0.3, -0.25) is 0 Å². The van der Waals surface area contributed by atoms with Crippen LogP contribution in [0.1, 0.15) is 50.7 Å². The van der Waals surface area contributed by atoms with Crippen LogP contribution in [0.4, 0.5) is 5.69 Å². The Labute approximate surface area is 182 Å². The molecule has 0 radical (unpaired) electrons. The molecule has 0 bridgehead atoms.